The molecule has 0 radical (unpaired) electrons. The fourth-order valence-electron chi connectivity index (χ4n) is 3.30. The minimum absolute atomic E-state index is 0.0537. The molecule has 1 aromatic carbocycles. The summed E-state index contributed by atoms with van der Waals surface area (Å²) in [5.41, 5.74) is 16.8. The molecule has 5 heteroatoms. The highest BCUT2D eigenvalue weighted by molar-refractivity contribution is 5.80. The van der Waals surface area contributed by atoms with Gasteiger partial charge in [0, 0.05) is 17.3 Å². The van der Waals surface area contributed by atoms with E-state index in [1.807, 2.05) is 6.07 Å². The van der Waals surface area contributed by atoms with Crippen LogP contribution in [0.2, 0.25) is 0 Å². The van der Waals surface area contributed by atoms with Gasteiger partial charge < -0.3 is 16.6 Å². The van der Waals surface area contributed by atoms with Gasteiger partial charge in [0.2, 0.25) is 0 Å². The normalized spacial score (nSPS) is 16.2. The van der Waals surface area contributed by atoms with E-state index in [1.165, 1.54) is 0 Å². The second-order valence-corrected chi connectivity index (χ2v) is 6.12. The predicted octanol–water partition coefficient (Wildman–Crippen LogP) is 2.45. The smallest absolute Gasteiger partial charge is 0.142 e. The molecule has 0 aliphatic heterocycles. The maximum Gasteiger partial charge on any atom is 0.142 e. The Labute approximate surface area is 141 Å². The molecule has 0 fully saturated rings. The fourth-order valence-corrected chi connectivity index (χ4v) is 3.30. The number of allylic oxidation sites excluding steroid dienone is 1. The van der Waals surface area contributed by atoms with Gasteiger partial charge in [-0.2, -0.15) is 5.26 Å². The maximum absolute atomic E-state index is 10.0. The van der Waals surface area contributed by atoms with E-state index >= 15 is 0 Å². The SMILES string of the molecule is C=CCc1cc(-c2c(C#N)c(N)nc3c2CC(N)CC3)ccc1O. The number of aromatic nitrogens is 1. The molecule has 5 nitrogen and oxygen atoms in total. The average Bonchev–Trinajstić information content (AvgIpc) is 2.56. The van der Waals surface area contributed by atoms with Gasteiger partial charge in [-0.3, -0.25) is 0 Å². The van der Waals surface area contributed by atoms with Crippen molar-refractivity contribution in [3.8, 4) is 22.9 Å². The maximum atomic E-state index is 10.0. The molecule has 0 spiro atoms. The number of rotatable bonds is 3. The second kappa shape index (κ2) is 6.34. The number of hydrogen-bond donors (Lipinski definition) is 3. The van der Waals surface area contributed by atoms with Crippen LogP contribution < -0.4 is 11.5 Å². The van der Waals surface area contributed by atoms with Crippen LogP contribution in [-0.2, 0) is 19.3 Å². The molecule has 0 saturated carbocycles. The number of nitrogen functional groups attached to an aromatic ring is 1. The van der Waals surface area contributed by atoms with Crippen LogP contribution in [0, 0.1) is 11.3 Å². The van der Waals surface area contributed by atoms with E-state index in [9.17, 15) is 10.4 Å². The minimum Gasteiger partial charge on any atom is -0.508 e. The van der Waals surface area contributed by atoms with Crippen molar-refractivity contribution in [2.24, 2.45) is 5.73 Å². The number of fused-ring (bicyclic) bond motifs is 1. The molecule has 1 aromatic heterocycles. The summed E-state index contributed by atoms with van der Waals surface area (Å²) in [7, 11) is 0. The van der Waals surface area contributed by atoms with Crippen molar-refractivity contribution in [2.75, 3.05) is 5.73 Å². The van der Waals surface area contributed by atoms with Gasteiger partial charge in [-0.15, -0.1) is 6.58 Å². The van der Waals surface area contributed by atoms with Crippen LogP contribution in [0.25, 0.3) is 11.1 Å². The van der Waals surface area contributed by atoms with E-state index in [2.05, 4.69) is 17.6 Å². The van der Waals surface area contributed by atoms with Crippen molar-refractivity contribution in [3.63, 3.8) is 0 Å². The summed E-state index contributed by atoms with van der Waals surface area (Å²) in [5, 5.41) is 19.6. The van der Waals surface area contributed by atoms with Crippen LogP contribution in [0.3, 0.4) is 0 Å². The van der Waals surface area contributed by atoms with Crippen LogP contribution in [0.15, 0.2) is 30.9 Å². The van der Waals surface area contributed by atoms with Gasteiger partial charge in [-0.25, -0.2) is 4.98 Å². The summed E-state index contributed by atoms with van der Waals surface area (Å²) in [6.45, 7) is 3.72. The van der Waals surface area contributed by atoms with Crippen LogP contribution in [-0.4, -0.2) is 16.1 Å². The van der Waals surface area contributed by atoms with E-state index in [4.69, 9.17) is 11.5 Å². The van der Waals surface area contributed by atoms with Gasteiger partial charge >= 0.3 is 0 Å². The number of nitrogens with zero attached hydrogens (tertiary/aromatic N) is 2. The lowest BCUT2D eigenvalue weighted by Crippen LogP contribution is -2.29. The monoisotopic (exact) mass is 320 g/mol. The summed E-state index contributed by atoms with van der Waals surface area (Å²) < 4.78 is 0. The number of phenolic OH excluding ortho intramolecular Hbond substituents is 1. The van der Waals surface area contributed by atoms with E-state index in [1.54, 1.807) is 18.2 Å². The number of aromatic hydroxyl groups is 1. The third-order valence-corrected chi connectivity index (χ3v) is 4.47. The number of phenols is 1. The molecule has 0 bridgehead atoms. The molecule has 1 unspecified atom stereocenters. The highest BCUT2D eigenvalue weighted by Gasteiger charge is 2.25. The zero-order valence-corrected chi connectivity index (χ0v) is 13.4. The molecule has 1 aliphatic carbocycles. The Morgan fingerprint density at radius 2 is 2.25 bits per heavy atom. The number of nitrogens with two attached hydrogens (primary N) is 2. The molecule has 2 aromatic rings. The Morgan fingerprint density at radius 1 is 1.46 bits per heavy atom. The van der Waals surface area contributed by atoms with E-state index in [0.29, 0.717) is 18.4 Å². The van der Waals surface area contributed by atoms with Crippen molar-refractivity contribution in [3.05, 3.63) is 53.2 Å². The molecule has 1 heterocycles. The van der Waals surface area contributed by atoms with Crippen LogP contribution in [0.5, 0.6) is 5.75 Å². The summed E-state index contributed by atoms with van der Waals surface area (Å²) in [6, 6.07) is 7.56. The Morgan fingerprint density at radius 3 is 2.96 bits per heavy atom. The first kappa shape index (κ1) is 16.0. The molecule has 0 amide bonds. The summed E-state index contributed by atoms with van der Waals surface area (Å²) >= 11 is 0. The molecular weight excluding hydrogens is 300 g/mol. The molecule has 1 atom stereocenters. The quantitative estimate of drug-likeness (QED) is 0.753. The lowest BCUT2D eigenvalue weighted by atomic mass is 9.84. The molecule has 0 saturated heterocycles. The van der Waals surface area contributed by atoms with Crippen molar-refractivity contribution < 1.29 is 5.11 Å². The van der Waals surface area contributed by atoms with Gasteiger partial charge in [0.1, 0.15) is 23.2 Å². The van der Waals surface area contributed by atoms with Crippen LogP contribution in [0.4, 0.5) is 5.82 Å². The Bertz CT molecular complexity index is 851. The third kappa shape index (κ3) is 2.72. The fraction of sp³-hybridized carbons (Fsp3) is 0.263. The number of anilines is 1. The van der Waals surface area contributed by atoms with Crippen LogP contribution >= 0.6 is 0 Å². The Kier molecular flexibility index (Phi) is 4.24. The zero-order chi connectivity index (χ0) is 17.3. The van der Waals surface area contributed by atoms with Crippen molar-refractivity contribution in [2.45, 2.75) is 31.7 Å². The van der Waals surface area contributed by atoms with E-state index in [-0.39, 0.29) is 17.6 Å². The Balaban J connectivity index is 2.27. The molecule has 5 N–H and O–H groups in total. The number of hydrogen-bond acceptors (Lipinski definition) is 5. The minimum atomic E-state index is 0.0537. The third-order valence-electron chi connectivity index (χ3n) is 4.47. The van der Waals surface area contributed by atoms with E-state index < -0.39 is 0 Å². The highest BCUT2D eigenvalue weighted by Crippen LogP contribution is 2.37. The lowest BCUT2D eigenvalue weighted by Gasteiger charge is -2.25. The van der Waals surface area contributed by atoms with E-state index in [0.717, 1.165) is 40.8 Å². The number of pyridine rings is 1. The Hall–Kier alpha value is -2.84. The first-order valence-electron chi connectivity index (χ1n) is 7.95. The first-order valence-corrected chi connectivity index (χ1v) is 7.95. The average molecular weight is 320 g/mol. The van der Waals surface area contributed by atoms with Gasteiger partial charge in [-0.1, -0.05) is 12.1 Å². The largest absolute Gasteiger partial charge is 0.508 e. The highest BCUT2D eigenvalue weighted by atomic mass is 16.3. The topological polar surface area (TPSA) is 109 Å². The predicted molar refractivity (Wildman–Crippen MR) is 94.4 cm³/mol. The van der Waals surface area contributed by atoms with Gasteiger partial charge in [0.15, 0.2) is 0 Å². The number of benzene rings is 1. The van der Waals surface area contributed by atoms with Crippen molar-refractivity contribution >= 4 is 5.82 Å². The molecular formula is C19H20N4O. The van der Waals surface area contributed by atoms with Gasteiger partial charge in [0.25, 0.3) is 0 Å². The second-order valence-electron chi connectivity index (χ2n) is 6.12. The first-order chi connectivity index (χ1) is 11.5. The molecule has 1 aliphatic rings. The van der Waals surface area contributed by atoms with Gasteiger partial charge in [-0.05, 0) is 54.5 Å². The summed E-state index contributed by atoms with van der Waals surface area (Å²) in [5.74, 6) is 0.463. The zero-order valence-electron chi connectivity index (χ0n) is 13.4. The standard InChI is InChI=1S/C19H20N4O/c1-2-3-11-8-12(4-7-17(11)24)18-14-9-13(21)5-6-16(14)23-19(22)15(18)10-20/h2,4,7-8,13,24H,1,3,5-6,9,21H2,(H2,22,23). The van der Waals surface area contributed by atoms with Crippen molar-refractivity contribution in [1.82, 2.24) is 4.98 Å². The number of aryl methyl sites for hydroxylation is 1. The van der Waals surface area contributed by atoms with Crippen LogP contribution in [0.1, 0.15) is 28.8 Å². The molecule has 3 rings (SSSR count). The summed E-state index contributed by atoms with van der Waals surface area (Å²) in [4.78, 5) is 4.42. The van der Waals surface area contributed by atoms with Crippen molar-refractivity contribution in [1.29, 1.82) is 5.26 Å². The number of nitriles is 1. The summed E-state index contributed by atoms with van der Waals surface area (Å²) in [6.07, 6.45) is 4.57. The van der Waals surface area contributed by atoms with Gasteiger partial charge in [0.05, 0.1) is 0 Å². The molecule has 122 valence electrons. The molecule has 24 heavy (non-hydrogen) atoms. The lowest BCUT2D eigenvalue weighted by molar-refractivity contribution is 0.470.